The average Bonchev–Trinajstić information content (AvgIpc) is 1.95. The summed E-state index contributed by atoms with van der Waals surface area (Å²) in [4.78, 5) is 10.5. The summed E-state index contributed by atoms with van der Waals surface area (Å²) in [6, 6.07) is 0.0601. The molecule has 13 heavy (non-hydrogen) atoms. The average molecular weight is 187 g/mol. The normalized spacial score (nSPS) is 13.8. The zero-order chi connectivity index (χ0) is 10.5. The van der Waals surface area contributed by atoms with Crippen molar-refractivity contribution in [2.24, 2.45) is 5.41 Å². The van der Waals surface area contributed by atoms with Crippen LogP contribution in [0.3, 0.4) is 0 Å². The maximum absolute atomic E-state index is 10.5. The van der Waals surface area contributed by atoms with Crippen molar-refractivity contribution in [1.29, 1.82) is 0 Å². The molecular weight excluding hydrogens is 166 g/mol. The third kappa shape index (κ3) is 5.50. The highest BCUT2D eigenvalue weighted by Gasteiger charge is 2.25. The second-order valence-electron chi connectivity index (χ2n) is 4.51. The fourth-order valence-corrected chi connectivity index (χ4v) is 1.28. The molecule has 0 heterocycles. The van der Waals surface area contributed by atoms with Crippen molar-refractivity contribution in [3.8, 4) is 0 Å². The van der Waals surface area contributed by atoms with Crippen LogP contribution < -0.4 is 5.32 Å². The van der Waals surface area contributed by atoms with Crippen molar-refractivity contribution >= 4 is 6.09 Å². The molecule has 0 rings (SSSR count). The van der Waals surface area contributed by atoms with Crippen LogP contribution in [0.15, 0.2) is 0 Å². The van der Waals surface area contributed by atoms with E-state index in [1.165, 1.54) is 0 Å². The molecule has 0 radical (unpaired) electrons. The van der Waals surface area contributed by atoms with Gasteiger partial charge in [-0.25, -0.2) is 4.79 Å². The molecule has 0 fully saturated rings. The molecule has 0 saturated carbocycles. The van der Waals surface area contributed by atoms with E-state index in [9.17, 15) is 4.79 Å². The number of unbranched alkanes of at least 4 members (excludes halogenated alkanes) is 1. The van der Waals surface area contributed by atoms with Gasteiger partial charge in [0.15, 0.2) is 0 Å². The zero-order valence-electron chi connectivity index (χ0n) is 9.05. The summed E-state index contributed by atoms with van der Waals surface area (Å²) < 4.78 is 0. The van der Waals surface area contributed by atoms with Crippen LogP contribution in [-0.2, 0) is 0 Å². The van der Waals surface area contributed by atoms with E-state index in [1.807, 2.05) is 0 Å². The maximum atomic E-state index is 10.5. The first-order valence-electron chi connectivity index (χ1n) is 4.87. The van der Waals surface area contributed by atoms with E-state index < -0.39 is 6.09 Å². The minimum absolute atomic E-state index is 0.00750. The van der Waals surface area contributed by atoms with E-state index in [4.69, 9.17) is 5.11 Å². The van der Waals surface area contributed by atoms with Gasteiger partial charge in [-0.15, -0.1) is 0 Å². The lowest BCUT2D eigenvalue weighted by molar-refractivity contribution is 0.171. The Morgan fingerprint density at radius 1 is 1.46 bits per heavy atom. The first-order chi connectivity index (χ1) is 5.88. The van der Waals surface area contributed by atoms with Crippen LogP contribution in [0.2, 0.25) is 0 Å². The van der Waals surface area contributed by atoms with Crippen LogP contribution in [0.5, 0.6) is 0 Å². The van der Waals surface area contributed by atoms with Crippen LogP contribution in [0.4, 0.5) is 4.79 Å². The second kappa shape index (κ2) is 5.10. The van der Waals surface area contributed by atoms with Gasteiger partial charge in [-0.1, -0.05) is 40.5 Å². The highest BCUT2D eigenvalue weighted by atomic mass is 16.4. The van der Waals surface area contributed by atoms with E-state index in [-0.39, 0.29) is 11.5 Å². The third-order valence-electron chi connectivity index (χ3n) is 2.19. The van der Waals surface area contributed by atoms with Crippen LogP contribution in [0.1, 0.15) is 47.0 Å². The van der Waals surface area contributed by atoms with E-state index in [0.717, 1.165) is 19.3 Å². The molecule has 0 aliphatic heterocycles. The molecule has 1 amide bonds. The summed E-state index contributed by atoms with van der Waals surface area (Å²) in [5.41, 5.74) is 0.00750. The molecule has 0 aliphatic rings. The molecule has 78 valence electrons. The molecule has 1 unspecified atom stereocenters. The van der Waals surface area contributed by atoms with Crippen LogP contribution in [-0.4, -0.2) is 17.2 Å². The van der Waals surface area contributed by atoms with Crippen molar-refractivity contribution in [1.82, 2.24) is 5.32 Å². The lowest BCUT2D eigenvalue weighted by atomic mass is 9.84. The molecule has 0 aromatic heterocycles. The minimum atomic E-state index is -0.920. The molecule has 2 N–H and O–H groups in total. The number of amides is 1. The van der Waals surface area contributed by atoms with Gasteiger partial charge in [0.05, 0.1) is 0 Å². The molecular formula is C10H21NO2. The van der Waals surface area contributed by atoms with Crippen molar-refractivity contribution in [3.05, 3.63) is 0 Å². The van der Waals surface area contributed by atoms with Crippen molar-refractivity contribution in [3.63, 3.8) is 0 Å². The molecule has 0 aromatic rings. The SMILES string of the molecule is CCCCC(NC(=O)O)C(C)(C)C. The van der Waals surface area contributed by atoms with Gasteiger partial charge >= 0.3 is 6.09 Å². The Balaban J connectivity index is 4.11. The smallest absolute Gasteiger partial charge is 0.404 e. The van der Waals surface area contributed by atoms with Crippen LogP contribution in [0, 0.1) is 5.41 Å². The Kier molecular flexibility index (Phi) is 4.81. The van der Waals surface area contributed by atoms with Gasteiger partial charge in [-0.2, -0.15) is 0 Å². The van der Waals surface area contributed by atoms with Gasteiger partial charge < -0.3 is 10.4 Å². The lowest BCUT2D eigenvalue weighted by Crippen LogP contribution is -2.42. The molecule has 3 heteroatoms. The first-order valence-corrected chi connectivity index (χ1v) is 4.87. The zero-order valence-corrected chi connectivity index (χ0v) is 9.05. The Labute approximate surface area is 80.5 Å². The fraction of sp³-hybridized carbons (Fsp3) is 0.900. The Bertz CT molecular complexity index is 161. The first kappa shape index (κ1) is 12.3. The highest BCUT2D eigenvalue weighted by Crippen LogP contribution is 2.23. The molecule has 0 spiro atoms. The summed E-state index contributed by atoms with van der Waals surface area (Å²) in [6.07, 6.45) is 2.18. The predicted octanol–water partition coefficient (Wildman–Crippen LogP) is 2.86. The lowest BCUT2D eigenvalue weighted by Gasteiger charge is -2.30. The summed E-state index contributed by atoms with van der Waals surface area (Å²) in [5, 5.41) is 11.2. The quantitative estimate of drug-likeness (QED) is 0.711. The predicted molar refractivity (Wildman–Crippen MR) is 53.9 cm³/mol. The van der Waals surface area contributed by atoms with E-state index in [1.54, 1.807) is 0 Å². The Morgan fingerprint density at radius 3 is 2.31 bits per heavy atom. The molecule has 3 nitrogen and oxygen atoms in total. The Morgan fingerprint density at radius 2 is 2.00 bits per heavy atom. The number of carboxylic acid groups (broad SMARTS) is 1. The van der Waals surface area contributed by atoms with Gasteiger partial charge in [0, 0.05) is 6.04 Å². The molecule has 0 saturated heterocycles. The maximum Gasteiger partial charge on any atom is 0.404 e. The number of carbonyl (C=O) groups is 1. The number of rotatable bonds is 4. The topological polar surface area (TPSA) is 49.3 Å². The number of hydrogen-bond acceptors (Lipinski definition) is 1. The molecule has 0 bridgehead atoms. The highest BCUT2D eigenvalue weighted by molar-refractivity contribution is 5.64. The minimum Gasteiger partial charge on any atom is -0.465 e. The van der Waals surface area contributed by atoms with E-state index in [2.05, 4.69) is 33.0 Å². The van der Waals surface area contributed by atoms with Crippen molar-refractivity contribution in [2.75, 3.05) is 0 Å². The van der Waals surface area contributed by atoms with Crippen molar-refractivity contribution < 1.29 is 9.90 Å². The second-order valence-corrected chi connectivity index (χ2v) is 4.51. The van der Waals surface area contributed by atoms with Crippen LogP contribution >= 0.6 is 0 Å². The summed E-state index contributed by atoms with van der Waals surface area (Å²) in [5.74, 6) is 0. The van der Waals surface area contributed by atoms with E-state index >= 15 is 0 Å². The standard InChI is InChI=1S/C10H21NO2/c1-5-6-7-8(10(2,3)4)11-9(12)13/h8,11H,5-7H2,1-4H3,(H,12,13). The van der Waals surface area contributed by atoms with Gasteiger partial charge in [0.1, 0.15) is 0 Å². The number of nitrogens with one attached hydrogen (secondary N) is 1. The van der Waals surface area contributed by atoms with E-state index in [0.29, 0.717) is 0 Å². The van der Waals surface area contributed by atoms with Gasteiger partial charge in [0.2, 0.25) is 0 Å². The molecule has 0 aromatic carbocycles. The Hall–Kier alpha value is -0.730. The molecule has 0 aliphatic carbocycles. The number of hydrogen-bond donors (Lipinski definition) is 2. The monoisotopic (exact) mass is 187 g/mol. The summed E-state index contributed by atoms with van der Waals surface area (Å²) in [6.45, 7) is 8.29. The summed E-state index contributed by atoms with van der Waals surface area (Å²) >= 11 is 0. The van der Waals surface area contributed by atoms with Gasteiger partial charge in [-0.05, 0) is 11.8 Å². The largest absolute Gasteiger partial charge is 0.465 e. The van der Waals surface area contributed by atoms with Gasteiger partial charge in [-0.3, -0.25) is 0 Å². The van der Waals surface area contributed by atoms with Gasteiger partial charge in [0.25, 0.3) is 0 Å². The summed E-state index contributed by atoms with van der Waals surface area (Å²) in [7, 11) is 0. The third-order valence-corrected chi connectivity index (χ3v) is 2.19. The van der Waals surface area contributed by atoms with Crippen LogP contribution in [0.25, 0.3) is 0 Å². The molecule has 1 atom stereocenters. The van der Waals surface area contributed by atoms with Crippen molar-refractivity contribution in [2.45, 2.75) is 53.0 Å². The fourth-order valence-electron chi connectivity index (χ4n) is 1.28.